The van der Waals surface area contributed by atoms with Crippen molar-refractivity contribution in [1.82, 2.24) is 4.90 Å². The van der Waals surface area contributed by atoms with Crippen LogP contribution in [0.4, 0.5) is 5.69 Å². The second-order valence-corrected chi connectivity index (χ2v) is 4.42. The average molecular weight is 234 g/mol. The van der Waals surface area contributed by atoms with E-state index in [2.05, 4.69) is 30.8 Å². The van der Waals surface area contributed by atoms with E-state index in [9.17, 15) is 4.79 Å². The molecule has 0 aliphatic heterocycles. The van der Waals surface area contributed by atoms with Gasteiger partial charge in [-0.05, 0) is 44.8 Å². The van der Waals surface area contributed by atoms with E-state index >= 15 is 0 Å². The molecule has 0 bridgehead atoms. The molecular formula is C14H22N2O. The Morgan fingerprint density at radius 3 is 2.18 bits per heavy atom. The van der Waals surface area contributed by atoms with Crippen LogP contribution in [0, 0.1) is 0 Å². The van der Waals surface area contributed by atoms with Gasteiger partial charge in [0.15, 0.2) is 5.78 Å². The Morgan fingerprint density at radius 2 is 1.71 bits per heavy atom. The second-order valence-electron chi connectivity index (χ2n) is 4.42. The molecule has 1 rings (SSSR count). The van der Waals surface area contributed by atoms with Crippen LogP contribution in [-0.4, -0.2) is 44.4 Å². The number of hydrogen-bond donors (Lipinski definition) is 0. The lowest BCUT2D eigenvalue weighted by atomic mass is 10.1. The van der Waals surface area contributed by atoms with E-state index in [4.69, 9.17) is 0 Å². The van der Waals surface area contributed by atoms with Crippen molar-refractivity contribution in [2.45, 2.75) is 13.8 Å². The largest absolute Gasteiger partial charge is 0.373 e. The summed E-state index contributed by atoms with van der Waals surface area (Å²) in [7, 11) is 4.19. The molecule has 3 nitrogen and oxygen atoms in total. The average Bonchev–Trinajstić information content (AvgIpc) is 2.35. The normalized spacial score (nSPS) is 10.6. The third-order valence-corrected chi connectivity index (χ3v) is 3.07. The van der Waals surface area contributed by atoms with Gasteiger partial charge in [-0.2, -0.15) is 0 Å². The molecule has 0 saturated carbocycles. The van der Waals surface area contributed by atoms with Crippen LogP contribution >= 0.6 is 0 Å². The van der Waals surface area contributed by atoms with E-state index in [-0.39, 0.29) is 5.78 Å². The molecule has 0 radical (unpaired) electrons. The summed E-state index contributed by atoms with van der Waals surface area (Å²) in [5.41, 5.74) is 1.92. The van der Waals surface area contributed by atoms with Crippen LogP contribution in [0.25, 0.3) is 0 Å². The van der Waals surface area contributed by atoms with Crippen LogP contribution in [0.3, 0.4) is 0 Å². The lowest BCUT2D eigenvalue weighted by Crippen LogP contribution is -2.30. The summed E-state index contributed by atoms with van der Waals surface area (Å²) in [6, 6.07) is 7.78. The summed E-state index contributed by atoms with van der Waals surface area (Å²) >= 11 is 0. The molecule has 0 spiro atoms. The van der Waals surface area contributed by atoms with E-state index < -0.39 is 0 Å². The van der Waals surface area contributed by atoms with Gasteiger partial charge in [0.2, 0.25) is 0 Å². The molecule has 1 aromatic carbocycles. The molecule has 0 fully saturated rings. The van der Waals surface area contributed by atoms with Gasteiger partial charge in [-0.15, -0.1) is 0 Å². The van der Waals surface area contributed by atoms with E-state index in [1.165, 1.54) is 0 Å². The minimum absolute atomic E-state index is 0.116. The van der Waals surface area contributed by atoms with Crippen LogP contribution in [0.5, 0.6) is 0 Å². The Balaban J connectivity index is 2.57. The predicted molar refractivity (Wildman–Crippen MR) is 72.9 cm³/mol. The Hall–Kier alpha value is -1.35. The maximum absolute atomic E-state index is 11.2. The summed E-state index contributed by atoms with van der Waals surface area (Å²) in [5.74, 6) is 0.116. The number of ketones is 1. The fraction of sp³-hybridized carbons (Fsp3) is 0.500. The Bertz CT molecular complexity index is 359. The van der Waals surface area contributed by atoms with Crippen molar-refractivity contribution in [1.29, 1.82) is 0 Å². The fourth-order valence-electron chi connectivity index (χ4n) is 1.56. The van der Waals surface area contributed by atoms with Crippen LogP contribution < -0.4 is 4.90 Å². The summed E-state index contributed by atoms with van der Waals surface area (Å²) in [5, 5.41) is 0. The third kappa shape index (κ3) is 4.19. The molecule has 0 aliphatic carbocycles. The first-order valence-corrected chi connectivity index (χ1v) is 6.05. The lowest BCUT2D eigenvalue weighted by molar-refractivity contribution is 0.101. The van der Waals surface area contributed by atoms with Crippen LogP contribution in [-0.2, 0) is 0 Å². The first-order valence-electron chi connectivity index (χ1n) is 6.05. The highest BCUT2D eigenvalue weighted by atomic mass is 16.1. The molecule has 0 saturated heterocycles. The number of carbonyl (C=O) groups excluding carboxylic acids is 1. The van der Waals surface area contributed by atoms with E-state index in [1.807, 2.05) is 24.3 Å². The number of likely N-dealkylation sites (N-methyl/N-ethyl adjacent to an activating group) is 2. The smallest absolute Gasteiger partial charge is 0.159 e. The molecule has 0 amide bonds. The number of Topliss-reactive ketones (excluding diaryl/α,β-unsaturated/α-hetero) is 1. The quantitative estimate of drug-likeness (QED) is 0.705. The highest BCUT2D eigenvalue weighted by Crippen LogP contribution is 2.13. The summed E-state index contributed by atoms with van der Waals surface area (Å²) in [6.45, 7) is 6.85. The van der Waals surface area contributed by atoms with Crippen molar-refractivity contribution >= 4 is 11.5 Å². The lowest BCUT2D eigenvalue weighted by Gasteiger charge is -2.22. The number of hydrogen-bond acceptors (Lipinski definition) is 3. The standard InChI is InChI=1S/C14H22N2O/c1-5-15(3)10-11-16(4)14-8-6-13(7-9-14)12(2)17/h6-9H,5,10-11H2,1-4H3. The Kier molecular flexibility index (Phi) is 5.16. The molecule has 1 aromatic rings. The topological polar surface area (TPSA) is 23.6 Å². The molecule has 17 heavy (non-hydrogen) atoms. The van der Waals surface area contributed by atoms with Gasteiger partial charge in [0, 0.05) is 31.4 Å². The van der Waals surface area contributed by atoms with E-state index in [0.29, 0.717) is 0 Å². The second kappa shape index (κ2) is 6.40. The number of rotatable bonds is 6. The number of carbonyl (C=O) groups is 1. The van der Waals surface area contributed by atoms with Gasteiger partial charge in [0.25, 0.3) is 0 Å². The molecule has 3 heteroatoms. The summed E-state index contributed by atoms with van der Waals surface area (Å²) < 4.78 is 0. The van der Waals surface area contributed by atoms with Crippen LogP contribution in [0.2, 0.25) is 0 Å². The van der Waals surface area contributed by atoms with Gasteiger partial charge in [-0.3, -0.25) is 4.79 Å². The summed E-state index contributed by atoms with van der Waals surface area (Å²) in [4.78, 5) is 15.6. The highest BCUT2D eigenvalue weighted by molar-refractivity contribution is 5.94. The molecule has 0 aliphatic rings. The monoisotopic (exact) mass is 234 g/mol. The molecular weight excluding hydrogens is 212 g/mol. The number of nitrogens with zero attached hydrogens (tertiary/aromatic N) is 2. The van der Waals surface area contributed by atoms with Gasteiger partial charge in [0.05, 0.1) is 0 Å². The van der Waals surface area contributed by atoms with Crippen molar-refractivity contribution in [2.24, 2.45) is 0 Å². The molecule has 0 aromatic heterocycles. The van der Waals surface area contributed by atoms with Crippen molar-refractivity contribution in [3.05, 3.63) is 29.8 Å². The minimum Gasteiger partial charge on any atom is -0.373 e. The molecule has 0 N–H and O–H groups in total. The maximum Gasteiger partial charge on any atom is 0.159 e. The van der Waals surface area contributed by atoms with Gasteiger partial charge in [-0.25, -0.2) is 0 Å². The first kappa shape index (κ1) is 13.7. The zero-order valence-electron chi connectivity index (χ0n) is 11.2. The van der Waals surface area contributed by atoms with Crippen molar-refractivity contribution in [3.8, 4) is 0 Å². The number of benzene rings is 1. The zero-order valence-corrected chi connectivity index (χ0v) is 11.2. The van der Waals surface area contributed by atoms with Gasteiger partial charge >= 0.3 is 0 Å². The SMILES string of the molecule is CCN(C)CCN(C)c1ccc(C(C)=O)cc1. The van der Waals surface area contributed by atoms with E-state index in [1.54, 1.807) is 6.92 Å². The number of anilines is 1. The Labute approximate surface area is 104 Å². The van der Waals surface area contributed by atoms with Crippen molar-refractivity contribution in [3.63, 3.8) is 0 Å². The molecule has 0 heterocycles. The fourth-order valence-corrected chi connectivity index (χ4v) is 1.56. The molecule has 94 valence electrons. The third-order valence-electron chi connectivity index (χ3n) is 3.07. The highest BCUT2D eigenvalue weighted by Gasteiger charge is 2.03. The van der Waals surface area contributed by atoms with Crippen LogP contribution in [0.15, 0.2) is 24.3 Å². The van der Waals surface area contributed by atoms with Gasteiger partial charge in [-0.1, -0.05) is 6.92 Å². The summed E-state index contributed by atoms with van der Waals surface area (Å²) in [6.07, 6.45) is 0. The first-order chi connectivity index (χ1) is 8.04. The predicted octanol–water partition coefficient (Wildman–Crippen LogP) is 2.28. The van der Waals surface area contributed by atoms with Gasteiger partial charge in [0.1, 0.15) is 0 Å². The van der Waals surface area contributed by atoms with Gasteiger partial charge < -0.3 is 9.80 Å². The van der Waals surface area contributed by atoms with Crippen LogP contribution in [0.1, 0.15) is 24.2 Å². The van der Waals surface area contributed by atoms with Crippen molar-refractivity contribution in [2.75, 3.05) is 38.6 Å². The molecule has 0 atom stereocenters. The Morgan fingerprint density at radius 1 is 1.12 bits per heavy atom. The zero-order chi connectivity index (χ0) is 12.8. The minimum atomic E-state index is 0.116. The molecule has 0 unspecified atom stereocenters. The maximum atomic E-state index is 11.2. The van der Waals surface area contributed by atoms with Crippen molar-refractivity contribution < 1.29 is 4.79 Å². The van der Waals surface area contributed by atoms with E-state index in [0.717, 1.165) is 30.9 Å².